The molecule has 12 heavy (non-hydrogen) atoms. The summed E-state index contributed by atoms with van der Waals surface area (Å²) in [6.45, 7) is 3.51. The van der Waals surface area contributed by atoms with Crippen molar-refractivity contribution in [3.8, 4) is 0 Å². The predicted molar refractivity (Wildman–Crippen MR) is 53.4 cm³/mol. The van der Waals surface area contributed by atoms with E-state index in [-0.39, 0.29) is 0 Å². The third kappa shape index (κ3) is 3.11. The predicted octanol–water partition coefficient (Wildman–Crippen LogP) is 2.33. The number of thioether (sulfide) groups is 1. The molecule has 1 rings (SSSR count). The Morgan fingerprint density at radius 1 is 1.42 bits per heavy atom. The van der Waals surface area contributed by atoms with Crippen molar-refractivity contribution in [2.45, 2.75) is 11.0 Å². The molecule has 0 heterocycles. The number of rotatable bonds is 4. The molecule has 64 valence electrons. The summed E-state index contributed by atoms with van der Waals surface area (Å²) >= 11 is 1.63. The lowest BCUT2D eigenvalue weighted by atomic mass is 10.4. The molecule has 1 aromatic carbocycles. The van der Waals surface area contributed by atoms with Crippen molar-refractivity contribution < 1.29 is 5.11 Å². The van der Waals surface area contributed by atoms with Crippen molar-refractivity contribution in [1.82, 2.24) is 0 Å². The number of aliphatic hydroxyl groups excluding tert-OH is 1. The van der Waals surface area contributed by atoms with Crippen LogP contribution in [0.25, 0.3) is 0 Å². The molecule has 0 unspecified atom stereocenters. The second kappa shape index (κ2) is 5.01. The normalized spacial score (nSPS) is 12.4. The van der Waals surface area contributed by atoms with Crippen LogP contribution in [0.3, 0.4) is 0 Å². The summed E-state index contributed by atoms with van der Waals surface area (Å²) in [5.74, 6) is 0.674. The highest BCUT2D eigenvalue weighted by Crippen LogP contribution is 2.17. The first-order valence-electron chi connectivity index (χ1n) is 3.81. The SMILES string of the molecule is C=C[C@@H](O)CSc1ccccc1. The highest BCUT2D eigenvalue weighted by molar-refractivity contribution is 7.99. The van der Waals surface area contributed by atoms with Crippen LogP contribution in [-0.2, 0) is 0 Å². The Morgan fingerprint density at radius 2 is 2.08 bits per heavy atom. The van der Waals surface area contributed by atoms with E-state index in [0.29, 0.717) is 5.75 Å². The van der Waals surface area contributed by atoms with Crippen molar-refractivity contribution in [2.24, 2.45) is 0 Å². The molecule has 0 aliphatic carbocycles. The Bertz CT molecular complexity index is 233. The van der Waals surface area contributed by atoms with Gasteiger partial charge in [0, 0.05) is 10.6 Å². The third-order valence-electron chi connectivity index (χ3n) is 1.44. The Morgan fingerprint density at radius 3 is 2.67 bits per heavy atom. The maximum absolute atomic E-state index is 9.18. The fraction of sp³-hybridized carbons (Fsp3) is 0.200. The van der Waals surface area contributed by atoms with Crippen LogP contribution in [0.1, 0.15) is 0 Å². The molecule has 0 aromatic heterocycles. The molecule has 0 saturated carbocycles. The fourth-order valence-corrected chi connectivity index (χ4v) is 1.62. The number of benzene rings is 1. The molecule has 0 spiro atoms. The lowest BCUT2D eigenvalue weighted by Gasteiger charge is -2.03. The van der Waals surface area contributed by atoms with Crippen molar-refractivity contribution in [3.05, 3.63) is 43.0 Å². The van der Waals surface area contributed by atoms with E-state index in [1.165, 1.54) is 4.90 Å². The van der Waals surface area contributed by atoms with Crippen LogP contribution in [0.15, 0.2) is 47.9 Å². The molecule has 0 bridgehead atoms. The van der Waals surface area contributed by atoms with Crippen LogP contribution in [0.5, 0.6) is 0 Å². The fourth-order valence-electron chi connectivity index (χ4n) is 0.766. The maximum Gasteiger partial charge on any atom is 0.0812 e. The van der Waals surface area contributed by atoms with Gasteiger partial charge in [-0.15, -0.1) is 18.3 Å². The molecule has 1 aromatic rings. The summed E-state index contributed by atoms with van der Waals surface area (Å²) in [6.07, 6.45) is 1.14. The zero-order valence-electron chi connectivity index (χ0n) is 6.81. The van der Waals surface area contributed by atoms with E-state index in [9.17, 15) is 5.11 Å². The van der Waals surface area contributed by atoms with Crippen LogP contribution in [0.2, 0.25) is 0 Å². The smallest absolute Gasteiger partial charge is 0.0812 e. The molecule has 0 aliphatic rings. The summed E-state index contributed by atoms with van der Waals surface area (Å²) in [5, 5.41) is 9.18. The van der Waals surface area contributed by atoms with Gasteiger partial charge in [-0.25, -0.2) is 0 Å². The Hall–Kier alpha value is -0.730. The van der Waals surface area contributed by atoms with Crippen LogP contribution >= 0.6 is 11.8 Å². The largest absolute Gasteiger partial charge is 0.388 e. The zero-order valence-corrected chi connectivity index (χ0v) is 7.63. The maximum atomic E-state index is 9.18. The Balaban J connectivity index is 2.38. The van der Waals surface area contributed by atoms with Gasteiger partial charge in [0.1, 0.15) is 0 Å². The van der Waals surface area contributed by atoms with Gasteiger partial charge in [-0.2, -0.15) is 0 Å². The number of hydrogen-bond donors (Lipinski definition) is 1. The lowest BCUT2D eigenvalue weighted by Crippen LogP contribution is -2.04. The summed E-state index contributed by atoms with van der Waals surface area (Å²) < 4.78 is 0. The minimum absolute atomic E-state index is 0.407. The first kappa shape index (κ1) is 9.36. The molecule has 0 radical (unpaired) electrons. The molecule has 1 N–H and O–H groups in total. The number of hydrogen-bond acceptors (Lipinski definition) is 2. The van der Waals surface area contributed by atoms with E-state index in [1.807, 2.05) is 30.3 Å². The molecule has 2 heteroatoms. The van der Waals surface area contributed by atoms with Gasteiger partial charge in [-0.1, -0.05) is 24.3 Å². The minimum atomic E-state index is -0.407. The number of aliphatic hydroxyl groups is 1. The van der Waals surface area contributed by atoms with Crippen LogP contribution < -0.4 is 0 Å². The van der Waals surface area contributed by atoms with Gasteiger partial charge in [-0.3, -0.25) is 0 Å². The molecule has 1 atom stereocenters. The molecule has 0 amide bonds. The van der Waals surface area contributed by atoms with Crippen molar-refractivity contribution >= 4 is 11.8 Å². The summed E-state index contributed by atoms with van der Waals surface area (Å²) in [5.41, 5.74) is 0. The first-order chi connectivity index (χ1) is 5.83. The molecule has 0 aliphatic heterocycles. The highest BCUT2D eigenvalue weighted by Gasteiger charge is 1.98. The van der Waals surface area contributed by atoms with Gasteiger partial charge in [0.25, 0.3) is 0 Å². The van der Waals surface area contributed by atoms with Gasteiger partial charge in [0.15, 0.2) is 0 Å². The molecule has 1 nitrogen and oxygen atoms in total. The summed E-state index contributed by atoms with van der Waals surface area (Å²) in [4.78, 5) is 1.18. The van der Waals surface area contributed by atoms with Crippen LogP contribution in [0, 0.1) is 0 Å². The average molecular weight is 180 g/mol. The van der Waals surface area contributed by atoms with E-state index in [2.05, 4.69) is 6.58 Å². The van der Waals surface area contributed by atoms with E-state index in [1.54, 1.807) is 17.8 Å². The standard InChI is InChI=1S/C10H12OS/c1-2-9(11)8-12-10-6-4-3-5-7-10/h2-7,9,11H,1,8H2/t9-/m1/s1. The van der Waals surface area contributed by atoms with Crippen molar-refractivity contribution in [1.29, 1.82) is 0 Å². The third-order valence-corrected chi connectivity index (χ3v) is 2.55. The molecular formula is C10H12OS. The van der Waals surface area contributed by atoms with E-state index in [4.69, 9.17) is 0 Å². The highest BCUT2D eigenvalue weighted by atomic mass is 32.2. The zero-order chi connectivity index (χ0) is 8.81. The van der Waals surface area contributed by atoms with E-state index >= 15 is 0 Å². The minimum Gasteiger partial charge on any atom is -0.388 e. The Labute approximate surface area is 77.1 Å². The lowest BCUT2D eigenvalue weighted by molar-refractivity contribution is 0.249. The van der Waals surface area contributed by atoms with E-state index < -0.39 is 6.10 Å². The van der Waals surface area contributed by atoms with Crippen molar-refractivity contribution in [2.75, 3.05) is 5.75 Å². The molecule has 0 saturated heterocycles. The topological polar surface area (TPSA) is 20.2 Å². The quantitative estimate of drug-likeness (QED) is 0.567. The first-order valence-corrected chi connectivity index (χ1v) is 4.80. The van der Waals surface area contributed by atoms with Gasteiger partial charge < -0.3 is 5.11 Å². The summed E-state index contributed by atoms with van der Waals surface area (Å²) in [6, 6.07) is 10.0. The monoisotopic (exact) mass is 180 g/mol. The average Bonchev–Trinajstić information content (AvgIpc) is 2.16. The van der Waals surface area contributed by atoms with Gasteiger partial charge in [-0.05, 0) is 12.1 Å². The van der Waals surface area contributed by atoms with Gasteiger partial charge in [0.05, 0.1) is 6.10 Å². The summed E-state index contributed by atoms with van der Waals surface area (Å²) in [7, 11) is 0. The van der Waals surface area contributed by atoms with E-state index in [0.717, 1.165) is 0 Å². The molecule has 0 fully saturated rings. The van der Waals surface area contributed by atoms with Gasteiger partial charge >= 0.3 is 0 Å². The van der Waals surface area contributed by atoms with Crippen molar-refractivity contribution in [3.63, 3.8) is 0 Å². The van der Waals surface area contributed by atoms with Crippen LogP contribution in [-0.4, -0.2) is 17.0 Å². The molecular weight excluding hydrogens is 168 g/mol. The second-order valence-electron chi connectivity index (χ2n) is 2.43. The second-order valence-corrected chi connectivity index (χ2v) is 3.52. The van der Waals surface area contributed by atoms with Crippen LogP contribution in [0.4, 0.5) is 0 Å². The van der Waals surface area contributed by atoms with Gasteiger partial charge in [0.2, 0.25) is 0 Å². The Kier molecular flexibility index (Phi) is 3.91.